The van der Waals surface area contributed by atoms with Crippen molar-refractivity contribution in [1.29, 1.82) is 0 Å². The summed E-state index contributed by atoms with van der Waals surface area (Å²) in [6.45, 7) is 17.2. The average Bonchev–Trinajstić information content (AvgIpc) is 3.17. The Kier molecular flexibility index (Phi) is 4.21. The molecule has 4 nitrogen and oxygen atoms in total. The predicted molar refractivity (Wildman–Crippen MR) is 102 cm³/mol. The van der Waals surface area contributed by atoms with Crippen molar-refractivity contribution < 1.29 is 19.4 Å². The Balaban J connectivity index is 1.90. The maximum atomic E-state index is 11.8. The second kappa shape index (κ2) is 5.31. The molecule has 1 heterocycles. The van der Waals surface area contributed by atoms with Gasteiger partial charge in [-0.05, 0) is 64.1 Å². The fraction of sp³-hybridized carbons (Fsp3) is 1.00. The Morgan fingerprint density at radius 3 is 2.20 bits per heavy atom. The topological polar surface area (TPSA) is 62.2 Å². The number of rotatable bonds is 3. The molecule has 1 saturated heterocycles. The highest BCUT2D eigenvalue weighted by Gasteiger charge is 2.79. The molecule has 0 aromatic rings. The number of epoxide rings is 1. The van der Waals surface area contributed by atoms with Gasteiger partial charge in [-0.25, -0.2) is 0 Å². The van der Waals surface area contributed by atoms with Gasteiger partial charge < -0.3 is 19.4 Å². The van der Waals surface area contributed by atoms with Gasteiger partial charge in [-0.15, -0.1) is 0 Å². The summed E-state index contributed by atoms with van der Waals surface area (Å²) in [5.41, 5.74) is -2.73. The summed E-state index contributed by atoms with van der Waals surface area (Å²) in [6, 6.07) is 0. The molecule has 3 aliphatic rings. The van der Waals surface area contributed by atoms with E-state index in [9.17, 15) is 10.2 Å². The lowest BCUT2D eigenvalue weighted by molar-refractivity contribution is -0.186. The average molecular weight is 371 g/mol. The standard InChI is InChI=1S/C20H38O4Si/c1-16(2,3)25(7,8)24-14-10-9-11-19(22)15-20(23-15,17(4,5)21)13-12-18(14,19)6/h14-15,21-22H,9-13H2,1-8H3/t14-,15+,18+,19-,20-/m0/s1. The number of hydrogen-bond donors (Lipinski definition) is 2. The Morgan fingerprint density at radius 2 is 1.68 bits per heavy atom. The van der Waals surface area contributed by atoms with E-state index >= 15 is 0 Å². The molecule has 0 unspecified atom stereocenters. The Labute approximate surface area is 154 Å². The fourth-order valence-electron chi connectivity index (χ4n) is 5.04. The van der Waals surface area contributed by atoms with Gasteiger partial charge >= 0.3 is 0 Å². The lowest BCUT2D eigenvalue weighted by Crippen LogP contribution is -2.67. The van der Waals surface area contributed by atoms with Crippen LogP contribution in [0.3, 0.4) is 0 Å². The molecule has 2 saturated carbocycles. The van der Waals surface area contributed by atoms with Crippen LogP contribution in [0.2, 0.25) is 18.1 Å². The van der Waals surface area contributed by atoms with Crippen LogP contribution in [0.4, 0.5) is 0 Å². The first-order chi connectivity index (χ1) is 11.1. The summed E-state index contributed by atoms with van der Waals surface area (Å²) in [6.07, 6.45) is 4.12. The molecule has 0 spiro atoms. The van der Waals surface area contributed by atoms with E-state index in [1.165, 1.54) is 0 Å². The van der Waals surface area contributed by atoms with E-state index < -0.39 is 25.1 Å². The lowest BCUT2D eigenvalue weighted by atomic mass is 9.53. The van der Waals surface area contributed by atoms with Gasteiger partial charge in [-0.1, -0.05) is 27.7 Å². The Hall–Kier alpha value is 0.0569. The molecular weight excluding hydrogens is 332 g/mol. The van der Waals surface area contributed by atoms with Gasteiger partial charge in [0.15, 0.2) is 8.32 Å². The highest BCUT2D eigenvalue weighted by Crippen LogP contribution is 2.67. The van der Waals surface area contributed by atoms with E-state index in [4.69, 9.17) is 9.16 Å². The normalized spacial score (nSPS) is 44.9. The summed E-state index contributed by atoms with van der Waals surface area (Å²) in [7, 11) is -1.91. The van der Waals surface area contributed by atoms with E-state index in [0.717, 1.165) is 32.1 Å². The molecule has 0 amide bonds. The molecule has 2 N–H and O–H groups in total. The third kappa shape index (κ3) is 2.60. The largest absolute Gasteiger partial charge is 0.413 e. The monoisotopic (exact) mass is 370 g/mol. The summed E-state index contributed by atoms with van der Waals surface area (Å²) in [4.78, 5) is 0. The number of ether oxygens (including phenoxy) is 1. The van der Waals surface area contributed by atoms with Crippen molar-refractivity contribution in [3.8, 4) is 0 Å². The zero-order chi connectivity index (χ0) is 19.1. The summed E-state index contributed by atoms with van der Waals surface area (Å²) in [5, 5.41) is 22.5. The van der Waals surface area contributed by atoms with Crippen LogP contribution < -0.4 is 0 Å². The molecule has 25 heavy (non-hydrogen) atoms. The van der Waals surface area contributed by atoms with Crippen LogP contribution in [-0.4, -0.2) is 47.5 Å². The van der Waals surface area contributed by atoms with E-state index in [-0.39, 0.29) is 22.7 Å². The molecule has 0 bridgehead atoms. The van der Waals surface area contributed by atoms with Crippen LogP contribution >= 0.6 is 0 Å². The van der Waals surface area contributed by atoms with Crippen molar-refractivity contribution in [2.24, 2.45) is 5.41 Å². The van der Waals surface area contributed by atoms with Crippen LogP contribution in [-0.2, 0) is 9.16 Å². The van der Waals surface area contributed by atoms with E-state index in [1.807, 2.05) is 13.8 Å². The van der Waals surface area contributed by atoms with Gasteiger partial charge in [-0.3, -0.25) is 0 Å². The molecule has 0 radical (unpaired) electrons. The van der Waals surface area contributed by atoms with Gasteiger partial charge in [0, 0.05) is 5.41 Å². The van der Waals surface area contributed by atoms with Crippen LogP contribution in [0.5, 0.6) is 0 Å². The van der Waals surface area contributed by atoms with Gasteiger partial charge in [-0.2, -0.15) is 0 Å². The van der Waals surface area contributed by atoms with E-state index in [2.05, 4.69) is 40.8 Å². The summed E-state index contributed by atoms with van der Waals surface area (Å²) < 4.78 is 12.9. The zero-order valence-corrected chi connectivity index (χ0v) is 18.4. The molecule has 146 valence electrons. The van der Waals surface area contributed by atoms with Crippen LogP contribution in [0.1, 0.15) is 73.6 Å². The second-order valence-corrected chi connectivity index (χ2v) is 15.8. The van der Waals surface area contributed by atoms with Gasteiger partial charge in [0.1, 0.15) is 17.3 Å². The third-order valence-corrected chi connectivity index (χ3v) is 12.6. The van der Waals surface area contributed by atoms with Crippen molar-refractivity contribution in [2.75, 3.05) is 0 Å². The van der Waals surface area contributed by atoms with Crippen molar-refractivity contribution in [3.05, 3.63) is 0 Å². The van der Waals surface area contributed by atoms with Crippen molar-refractivity contribution >= 4 is 8.32 Å². The minimum atomic E-state index is -1.91. The number of hydrogen-bond acceptors (Lipinski definition) is 4. The maximum absolute atomic E-state index is 11.8. The van der Waals surface area contributed by atoms with Gasteiger partial charge in [0.25, 0.3) is 0 Å². The van der Waals surface area contributed by atoms with Crippen LogP contribution in [0.25, 0.3) is 0 Å². The smallest absolute Gasteiger partial charge is 0.192 e. The SMILES string of the molecule is CC(C)(O)[C@]12CC[C@]3(C)[C@@H](O[Si](C)(C)C(C)(C)C)CCC[C@]3(O)[C@H]1O2. The predicted octanol–water partition coefficient (Wildman–Crippen LogP) is 4.00. The maximum Gasteiger partial charge on any atom is 0.192 e. The fourth-order valence-corrected chi connectivity index (χ4v) is 6.48. The highest BCUT2D eigenvalue weighted by molar-refractivity contribution is 6.74. The molecule has 3 fully saturated rings. The van der Waals surface area contributed by atoms with Gasteiger partial charge in [0.05, 0.1) is 11.7 Å². The zero-order valence-electron chi connectivity index (χ0n) is 17.4. The minimum absolute atomic E-state index is 0.0659. The summed E-state index contributed by atoms with van der Waals surface area (Å²) >= 11 is 0. The molecule has 1 aliphatic heterocycles. The number of fused-ring (bicyclic) bond motifs is 3. The van der Waals surface area contributed by atoms with Crippen molar-refractivity contribution in [3.63, 3.8) is 0 Å². The molecular formula is C20H38O4Si. The molecule has 5 heteroatoms. The molecule has 0 aromatic carbocycles. The Morgan fingerprint density at radius 1 is 1.08 bits per heavy atom. The minimum Gasteiger partial charge on any atom is -0.413 e. The lowest BCUT2D eigenvalue weighted by Gasteiger charge is -2.58. The third-order valence-electron chi connectivity index (χ3n) is 8.15. The molecule has 5 atom stereocenters. The van der Waals surface area contributed by atoms with Crippen LogP contribution in [0.15, 0.2) is 0 Å². The quantitative estimate of drug-likeness (QED) is 0.582. The first-order valence-electron chi connectivity index (χ1n) is 9.91. The first kappa shape index (κ1) is 19.8. The Bertz CT molecular complexity index is 549. The summed E-state index contributed by atoms with van der Waals surface area (Å²) in [5.74, 6) is 0. The van der Waals surface area contributed by atoms with Crippen molar-refractivity contribution in [1.82, 2.24) is 0 Å². The molecule has 0 aromatic heterocycles. The van der Waals surface area contributed by atoms with E-state index in [1.54, 1.807) is 0 Å². The van der Waals surface area contributed by atoms with Gasteiger partial charge in [0.2, 0.25) is 0 Å². The molecule has 2 aliphatic carbocycles. The second-order valence-electron chi connectivity index (χ2n) is 11.0. The van der Waals surface area contributed by atoms with E-state index in [0.29, 0.717) is 0 Å². The van der Waals surface area contributed by atoms with Crippen molar-refractivity contribution in [2.45, 2.75) is 121 Å². The van der Waals surface area contributed by atoms with Crippen LogP contribution in [0, 0.1) is 5.41 Å². The number of aliphatic hydroxyl groups is 2. The molecule has 3 rings (SSSR count). The highest BCUT2D eigenvalue weighted by atomic mass is 28.4. The first-order valence-corrected chi connectivity index (χ1v) is 12.8.